The molecule has 0 unspecified atom stereocenters. The fraction of sp³-hybridized carbons (Fsp3) is 0.333. The summed E-state index contributed by atoms with van der Waals surface area (Å²) in [6.45, 7) is 3.66. The van der Waals surface area contributed by atoms with Crippen LogP contribution in [0.1, 0.15) is 13.8 Å². The molecule has 0 aliphatic carbocycles. The quantitative estimate of drug-likeness (QED) is 0.684. The van der Waals surface area contributed by atoms with Crippen molar-refractivity contribution >= 4 is 34.6 Å². The van der Waals surface area contributed by atoms with Gasteiger partial charge in [-0.2, -0.15) is 0 Å². The SMILES string of the molecule is CC(C)(C=O)Nc1ccncc1I. The zero-order chi connectivity index (χ0) is 9.90. The van der Waals surface area contributed by atoms with Crippen molar-refractivity contribution < 1.29 is 4.79 Å². The predicted molar refractivity (Wildman–Crippen MR) is 60.7 cm³/mol. The maximum atomic E-state index is 10.7. The van der Waals surface area contributed by atoms with E-state index in [9.17, 15) is 4.79 Å². The van der Waals surface area contributed by atoms with Crippen molar-refractivity contribution in [3.05, 3.63) is 22.0 Å². The van der Waals surface area contributed by atoms with Crippen molar-refractivity contribution in [1.82, 2.24) is 4.98 Å². The Bertz CT molecular complexity index is 312. The van der Waals surface area contributed by atoms with E-state index in [1.807, 2.05) is 19.9 Å². The first-order valence-electron chi connectivity index (χ1n) is 3.89. The third-order valence-electron chi connectivity index (χ3n) is 1.52. The molecule has 1 N–H and O–H groups in total. The molecule has 0 spiro atoms. The lowest BCUT2D eigenvalue weighted by Crippen LogP contribution is -2.32. The Hall–Kier alpha value is -0.650. The van der Waals surface area contributed by atoms with E-state index in [0.717, 1.165) is 15.5 Å². The largest absolute Gasteiger partial charge is 0.373 e. The van der Waals surface area contributed by atoms with Crippen LogP contribution in [0.2, 0.25) is 0 Å². The minimum atomic E-state index is -0.527. The monoisotopic (exact) mass is 290 g/mol. The molecule has 1 heterocycles. The van der Waals surface area contributed by atoms with E-state index in [0.29, 0.717) is 0 Å². The van der Waals surface area contributed by atoms with Crippen LogP contribution in [-0.2, 0) is 4.79 Å². The molecule has 0 fully saturated rings. The van der Waals surface area contributed by atoms with E-state index >= 15 is 0 Å². The molecule has 0 saturated heterocycles. The van der Waals surface area contributed by atoms with Gasteiger partial charge in [-0.1, -0.05) is 0 Å². The molecule has 0 aliphatic rings. The van der Waals surface area contributed by atoms with Crippen LogP contribution in [0.15, 0.2) is 18.5 Å². The highest BCUT2D eigenvalue weighted by atomic mass is 127. The van der Waals surface area contributed by atoms with Crippen LogP contribution in [0.3, 0.4) is 0 Å². The summed E-state index contributed by atoms with van der Waals surface area (Å²) in [4.78, 5) is 14.6. The number of carbonyl (C=O) groups is 1. The molecule has 4 heteroatoms. The highest BCUT2D eigenvalue weighted by Gasteiger charge is 2.16. The van der Waals surface area contributed by atoms with Crippen molar-refractivity contribution in [1.29, 1.82) is 0 Å². The van der Waals surface area contributed by atoms with E-state index in [1.165, 1.54) is 0 Å². The lowest BCUT2D eigenvalue weighted by Gasteiger charge is -2.21. The maximum absolute atomic E-state index is 10.7. The summed E-state index contributed by atoms with van der Waals surface area (Å²) in [7, 11) is 0. The van der Waals surface area contributed by atoms with Gasteiger partial charge in [-0.25, -0.2) is 0 Å². The molecule has 0 aliphatic heterocycles. The number of rotatable bonds is 3. The summed E-state index contributed by atoms with van der Waals surface area (Å²) in [5.74, 6) is 0. The Morgan fingerprint density at radius 3 is 2.85 bits per heavy atom. The van der Waals surface area contributed by atoms with Gasteiger partial charge in [0.05, 0.1) is 14.8 Å². The fourth-order valence-electron chi connectivity index (χ4n) is 0.853. The Kier molecular flexibility index (Phi) is 3.24. The average molecular weight is 290 g/mol. The molecule has 0 atom stereocenters. The minimum absolute atomic E-state index is 0.527. The molecule has 0 radical (unpaired) electrons. The van der Waals surface area contributed by atoms with Gasteiger partial charge >= 0.3 is 0 Å². The maximum Gasteiger partial charge on any atom is 0.144 e. The van der Waals surface area contributed by atoms with Crippen LogP contribution < -0.4 is 5.32 Å². The van der Waals surface area contributed by atoms with Crippen LogP contribution >= 0.6 is 22.6 Å². The van der Waals surface area contributed by atoms with E-state index in [4.69, 9.17) is 0 Å². The molecule has 0 saturated carbocycles. The zero-order valence-electron chi connectivity index (χ0n) is 7.54. The van der Waals surface area contributed by atoms with Gasteiger partial charge < -0.3 is 10.1 Å². The minimum Gasteiger partial charge on any atom is -0.373 e. The third-order valence-corrected chi connectivity index (χ3v) is 2.38. The molecule has 0 amide bonds. The molecule has 1 aromatic rings. The second kappa shape index (κ2) is 4.04. The molecule has 0 bridgehead atoms. The van der Waals surface area contributed by atoms with Crippen LogP contribution in [0, 0.1) is 3.57 Å². The number of nitrogens with one attached hydrogen (secondary N) is 1. The van der Waals surface area contributed by atoms with Gasteiger partial charge in [0.15, 0.2) is 0 Å². The van der Waals surface area contributed by atoms with Crippen LogP contribution in [0.5, 0.6) is 0 Å². The Balaban J connectivity index is 2.86. The lowest BCUT2D eigenvalue weighted by atomic mass is 10.1. The van der Waals surface area contributed by atoms with Gasteiger partial charge in [-0.15, -0.1) is 0 Å². The van der Waals surface area contributed by atoms with Gasteiger partial charge in [0, 0.05) is 12.4 Å². The fourth-order valence-corrected chi connectivity index (χ4v) is 1.33. The normalized spacial score (nSPS) is 11.0. The Morgan fingerprint density at radius 1 is 1.62 bits per heavy atom. The Morgan fingerprint density at radius 2 is 2.31 bits per heavy atom. The molecular weight excluding hydrogens is 279 g/mol. The predicted octanol–water partition coefficient (Wildman–Crippen LogP) is 2.08. The molecule has 13 heavy (non-hydrogen) atoms. The number of pyridine rings is 1. The van der Waals surface area contributed by atoms with Crippen molar-refractivity contribution in [2.45, 2.75) is 19.4 Å². The van der Waals surface area contributed by atoms with Crippen LogP contribution in [-0.4, -0.2) is 16.8 Å². The first-order chi connectivity index (χ1) is 6.05. The first-order valence-corrected chi connectivity index (χ1v) is 4.97. The number of hydrogen-bond acceptors (Lipinski definition) is 3. The number of hydrogen-bond donors (Lipinski definition) is 1. The molecule has 0 aromatic carbocycles. The molecule has 1 aromatic heterocycles. The highest BCUT2D eigenvalue weighted by molar-refractivity contribution is 14.1. The highest BCUT2D eigenvalue weighted by Crippen LogP contribution is 2.19. The van der Waals surface area contributed by atoms with E-state index in [1.54, 1.807) is 12.4 Å². The molecule has 3 nitrogen and oxygen atoms in total. The molecule has 1 rings (SSSR count). The van der Waals surface area contributed by atoms with E-state index in [2.05, 4.69) is 32.9 Å². The standard InChI is InChI=1S/C9H11IN2O/c1-9(2,6-13)12-8-3-4-11-5-7(8)10/h3-6H,1-2H3,(H,11,12). The van der Waals surface area contributed by atoms with Crippen molar-refractivity contribution in [2.24, 2.45) is 0 Å². The summed E-state index contributed by atoms with van der Waals surface area (Å²) in [6, 6.07) is 1.85. The van der Waals surface area contributed by atoms with E-state index in [-0.39, 0.29) is 0 Å². The van der Waals surface area contributed by atoms with Gasteiger partial charge in [0.1, 0.15) is 6.29 Å². The van der Waals surface area contributed by atoms with E-state index < -0.39 is 5.54 Å². The van der Waals surface area contributed by atoms with Gasteiger partial charge in [0.2, 0.25) is 0 Å². The summed E-state index contributed by atoms with van der Waals surface area (Å²) in [6.07, 6.45) is 4.35. The van der Waals surface area contributed by atoms with Crippen molar-refractivity contribution in [3.8, 4) is 0 Å². The number of nitrogens with zero attached hydrogens (tertiary/aromatic N) is 1. The van der Waals surface area contributed by atoms with Gasteiger partial charge in [-0.05, 0) is 42.5 Å². The number of aldehydes is 1. The summed E-state index contributed by atoms with van der Waals surface area (Å²) in [5.41, 5.74) is 0.411. The summed E-state index contributed by atoms with van der Waals surface area (Å²) >= 11 is 2.18. The molecular formula is C9H11IN2O. The number of halogens is 1. The summed E-state index contributed by atoms with van der Waals surface area (Å²) in [5, 5.41) is 3.12. The molecule has 70 valence electrons. The van der Waals surface area contributed by atoms with Gasteiger partial charge in [-0.3, -0.25) is 4.98 Å². The zero-order valence-corrected chi connectivity index (χ0v) is 9.70. The number of anilines is 1. The second-order valence-corrected chi connectivity index (χ2v) is 4.48. The third kappa shape index (κ3) is 2.95. The van der Waals surface area contributed by atoms with Crippen molar-refractivity contribution in [2.75, 3.05) is 5.32 Å². The lowest BCUT2D eigenvalue weighted by molar-refractivity contribution is -0.110. The van der Waals surface area contributed by atoms with Crippen molar-refractivity contribution in [3.63, 3.8) is 0 Å². The Labute approximate surface area is 91.1 Å². The van der Waals surface area contributed by atoms with Crippen LogP contribution in [0.25, 0.3) is 0 Å². The smallest absolute Gasteiger partial charge is 0.144 e. The first kappa shape index (κ1) is 10.4. The average Bonchev–Trinajstić information content (AvgIpc) is 2.09. The topological polar surface area (TPSA) is 42.0 Å². The number of carbonyl (C=O) groups excluding carboxylic acids is 1. The second-order valence-electron chi connectivity index (χ2n) is 3.32. The summed E-state index contributed by atoms with van der Waals surface area (Å²) < 4.78 is 1.01. The number of aromatic nitrogens is 1. The van der Waals surface area contributed by atoms with Crippen LogP contribution in [0.4, 0.5) is 5.69 Å². The van der Waals surface area contributed by atoms with Gasteiger partial charge in [0.25, 0.3) is 0 Å².